The molecule has 0 aliphatic carbocycles. The van der Waals surface area contributed by atoms with Crippen molar-refractivity contribution in [2.75, 3.05) is 46.2 Å². The van der Waals surface area contributed by atoms with Crippen molar-refractivity contribution in [1.82, 2.24) is 23.9 Å². The molecule has 6 rings (SSSR count). The summed E-state index contributed by atoms with van der Waals surface area (Å²) >= 11 is 0. The molecule has 0 saturated carbocycles. The quantitative estimate of drug-likeness (QED) is 0.158. The number of aliphatic hydroxyl groups is 1. The zero-order valence-electron chi connectivity index (χ0n) is 31.6. The van der Waals surface area contributed by atoms with Gasteiger partial charge in [-0.25, -0.2) is 8.42 Å². The Morgan fingerprint density at radius 1 is 1.04 bits per heavy atom. The minimum Gasteiger partial charge on any atom is -0.481 e. The van der Waals surface area contributed by atoms with Crippen molar-refractivity contribution in [2.45, 2.75) is 82.5 Å². The van der Waals surface area contributed by atoms with E-state index < -0.39 is 44.9 Å². The van der Waals surface area contributed by atoms with Crippen LogP contribution in [0.4, 0.5) is 13.2 Å². The summed E-state index contributed by atoms with van der Waals surface area (Å²) in [6.45, 7) is 8.20. The first kappa shape index (κ1) is 41.3. The summed E-state index contributed by atoms with van der Waals surface area (Å²) in [5, 5.41) is 26.5. The van der Waals surface area contributed by atoms with Gasteiger partial charge in [-0.1, -0.05) is 18.2 Å². The molecule has 1 saturated heterocycles. The van der Waals surface area contributed by atoms with E-state index in [4.69, 9.17) is 24.1 Å². The van der Waals surface area contributed by atoms with E-state index >= 15 is 0 Å². The van der Waals surface area contributed by atoms with Crippen molar-refractivity contribution in [3.05, 3.63) is 76.2 Å². The first-order valence-corrected chi connectivity index (χ1v) is 19.8. The highest BCUT2D eigenvalue weighted by Crippen LogP contribution is 2.45. The van der Waals surface area contributed by atoms with Gasteiger partial charge in [-0.15, -0.1) is 10.2 Å². The normalized spacial score (nSPS) is 17.6. The molecule has 14 nitrogen and oxygen atoms in total. The van der Waals surface area contributed by atoms with Crippen LogP contribution in [0.3, 0.4) is 0 Å². The third-order valence-corrected chi connectivity index (χ3v) is 12.3. The second-order valence-electron chi connectivity index (χ2n) is 14.8. The molecule has 1 aromatic carbocycles. The summed E-state index contributed by atoms with van der Waals surface area (Å²) in [5.41, 5.74) is 0.107. The van der Waals surface area contributed by atoms with Gasteiger partial charge in [0.05, 0.1) is 31.8 Å². The molecule has 1 spiro atoms. The number of alkyl halides is 3. The molecule has 2 N–H and O–H groups in total. The zero-order chi connectivity index (χ0) is 40.5. The Kier molecular flexibility index (Phi) is 12.0. The van der Waals surface area contributed by atoms with E-state index in [0.29, 0.717) is 74.4 Å². The fraction of sp³-hybridized carbons (Fsp3) is 0.526. The highest BCUT2D eigenvalue weighted by Gasteiger charge is 2.46. The molecular formula is C38H46F3N5O9S. The summed E-state index contributed by atoms with van der Waals surface area (Å²) in [6.07, 6.45) is -1.69. The monoisotopic (exact) mass is 805 g/mol. The number of halogens is 3. The number of benzene rings is 1. The van der Waals surface area contributed by atoms with E-state index in [2.05, 4.69) is 15.2 Å². The van der Waals surface area contributed by atoms with Crippen LogP contribution in [0.2, 0.25) is 0 Å². The maximum Gasteiger partial charge on any atom is 0.452 e. The van der Waals surface area contributed by atoms with Gasteiger partial charge < -0.3 is 29.2 Å². The van der Waals surface area contributed by atoms with Gasteiger partial charge in [-0.3, -0.25) is 9.20 Å². The van der Waals surface area contributed by atoms with Gasteiger partial charge in [0.2, 0.25) is 27.6 Å². The molecule has 1 unspecified atom stereocenters. The van der Waals surface area contributed by atoms with E-state index in [0.717, 1.165) is 9.96 Å². The Bertz CT molecular complexity index is 2170. The van der Waals surface area contributed by atoms with Crippen molar-refractivity contribution < 1.29 is 55.5 Å². The second-order valence-corrected chi connectivity index (χ2v) is 16.7. The van der Waals surface area contributed by atoms with E-state index in [1.165, 1.54) is 42.5 Å². The molecule has 0 radical (unpaired) electrons. The number of carboxylic acids is 1. The lowest BCUT2D eigenvalue weighted by Crippen LogP contribution is -2.50. The zero-order valence-corrected chi connectivity index (χ0v) is 32.5. The first-order chi connectivity index (χ1) is 26.5. The summed E-state index contributed by atoms with van der Waals surface area (Å²) in [5.74, 6) is -3.12. The van der Waals surface area contributed by atoms with Crippen LogP contribution < -0.4 is 9.47 Å². The number of ether oxygens (including phenoxy) is 4. The number of hydrogen-bond donors (Lipinski definition) is 2. The smallest absolute Gasteiger partial charge is 0.452 e. The maximum atomic E-state index is 14.5. The Morgan fingerprint density at radius 3 is 2.46 bits per heavy atom. The molecule has 304 valence electrons. The molecule has 56 heavy (non-hydrogen) atoms. The number of carbonyl (C=O) groups is 1. The second kappa shape index (κ2) is 16.2. The number of aliphatic hydroxyl groups excluding tert-OH is 1. The van der Waals surface area contributed by atoms with Crippen molar-refractivity contribution >= 4 is 21.6 Å². The highest BCUT2D eigenvalue weighted by atomic mass is 32.2. The predicted molar refractivity (Wildman–Crippen MR) is 195 cm³/mol. The number of rotatable bonds is 14. The van der Waals surface area contributed by atoms with Crippen LogP contribution in [0.15, 0.2) is 47.5 Å². The van der Waals surface area contributed by atoms with Crippen LogP contribution in [0.25, 0.3) is 5.65 Å². The number of aryl methyl sites for hydroxylation is 2. The minimum absolute atomic E-state index is 0.0195. The largest absolute Gasteiger partial charge is 0.481 e. The van der Waals surface area contributed by atoms with Crippen molar-refractivity contribution in [1.29, 1.82) is 0 Å². The molecule has 1 fully saturated rings. The highest BCUT2D eigenvalue weighted by molar-refractivity contribution is 7.89. The average Bonchev–Trinajstić information content (AvgIpc) is 3.57. The summed E-state index contributed by atoms with van der Waals surface area (Å²) in [7, 11) is -4.23. The number of fused-ring (bicyclic) bond motifs is 2. The van der Waals surface area contributed by atoms with Gasteiger partial charge in [-0.2, -0.15) is 22.5 Å². The number of aliphatic carboxylic acids is 1. The average molecular weight is 806 g/mol. The van der Waals surface area contributed by atoms with Crippen LogP contribution in [0, 0.1) is 19.3 Å². The summed E-state index contributed by atoms with van der Waals surface area (Å²) in [6, 6.07) is 9.65. The van der Waals surface area contributed by atoms with E-state index in [1.54, 1.807) is 25.1 Å². The molecule has 2 aliphatic rings. The molecule has 4 aromatic rings. The van der Waals surface area contributed by atoms with Gasteiger partial charge in [0.1, 0.15) is 10.5 Å². The summed E-state index contributed by atoms with van der Waals surface area (Å²) < 4.78 is 95.7. The molecule has 0 bridgehead atoms. The SMILES string of the molecule is Cc1ccc(C(c2ccn3c(C(F)(F)F)nnc3c2C)C(C)(C)C(=O)O)cc1CN1CC2(CCOCC2)Oc2nc(OCCCOCCCO)ccc2S1(=O)=O. The van der Waals surface area contributed by atoms with Crippen LogP contribution in [0.5, 0.6) is 11.8 Å². The number of sulfonamides is 1. The maximum absolute atomic E-state index is 14.5. The summed E-state index contributed by atoms with van der Waals surface area (Å²) in [4.78, 5) is 17.2. The Hall–Kier alpha value is -4.36. The van der Waals surface area contributed by atoms with E-state index in [-0.39, 0.29) is 48.6 Å². The van der Waals surface area contributed by atoms with Crippen molar-refractivity contribution in [3.63, 3.8) is 0 Å². The Morgan fingerprint density at radius 2 is 1.77 bits per heavy atom. The van der Waals surface area contributed by atoms with Crippen LogP contribution in [-0.2, 0) is 37.0 Å². The molecule has 0 amide bonds. The van der Waals surface area contributed by atoms with Crippen LogP contribution >= 0.6 is 0 Å². The standard InChI is InChI=1S/C38H46F3N5O9S/c1-24-7-8-26(31(36(3,4)35(48)49)28-11-14-46-32(25(28)2)43-44-34(46)38(39,40)41)21-27(24)22-45-23-37(12-19-53-20-13-37)55-33-29(56(45,50)51)9-10-30(42-33)54-18-6-17-52-16-5-15-47/h7-11,14,21,31,47H,5-6,12-13,15-20,22-23H2,1-4H3,(H,48,49). The van der Waals surface area contributed by atoms with E-state index in [9.17, 15) is 31.5 Å². The Labute approximate surface area is 322 Å². The number of aromatic nitrogens is 4. The molecular weight excluding hydrogens is 760 g/mol. The number of pyridine rings is 2. The Balaban J connectivity index is 1.36. The van der Waals surface area contributed by atoms with Crippen molar-refractivity contribution in [3.8, 4) is 11.8 Å². The molecule has 18 heteroatoms. The molecule has 3 aromatic heterocycles. The fourth-order valence-corrected chi connectivity index (χ4v) is 8.78. The number of carboxylic acid groups (broad SMARTS) is 1. The molecule has 2 aliphatic heterocycles. The lowest BCUT2D eigenvalue weighted by molar-refractivity contribution is -0.147. The van der Waals surface area contributed by atoms with E-state index in [1.807, 2.05) is 6.92 Å². The predicted octanol–water partition coefficient (Wildman–Crippen LogP) is 5.30. The van der Waals surface area contributed by atoms with Gasteiger partial charge in [0, 0.05) is 63.8 Å². The number of nitrogens with zero attached hydrogens (tertiary/aromatic N) is 5. The molecule has 5 heterocycles. The fourth-order valence-electron chi connectivity index (χ4n) is 7.24. The van der Waals surface area contributed by atoms with Gasteiger partial charge in [-0.05, 0) is 74.1 Å². The van der Waals surface area contributed by atoms with Crippen LogP contribution in [-0.4, -0.2) is 100 Å². The van der Waals surface area contributed by atoms with Crippen LogP contribution in [0.1, 0.15) is 79.1 Å². The lowest BCUT2D eigenvalue weighted by atomic mass is 9.70. The topological polar surface area (TPSA) is 175 Å². The molecule has 1 atom stereocenters. The van der Waals surface area contributed by atoms with Crippen molar-refractivity contribution in [2.24, 2.45) is 5.41 Å². The van der Waals surface area contributed by atoms with Gasteiger partial charge in [0.25, 0.3) is 0 Å². The van der Waals surface area contributed by atoms with Gasteiger partial charge >= 0.3 is 12.1 Å². The first-order valence-electron chi connectivity index (χ1n) is 18.3. The van der Waals surface area contributed by atoms with Gasteiger partial charge in [0.15, 0.2) is 5.65 Å². The third kappa shape index (κ3) is 8.34. The minimum atomic E-state index is -4.76. The lowest BCUT2D eigenvalue weighted by Gasteiger charge is -2.38. The number of hydrogen-bond acceptors (Lipinski definition) is 11. The third-order valence-electron chi connectivity index (χ3n) is 10.5.